The second-order valence-electron chi connectivity index (χ2n) is 15.9. The van der Waals surface area contributed by atoms with Gasteiger partial charge in [0.25, 0.3) is 0 Å². The van der Waals surface area contributed by atoms with Crippen LogP contribution >= 0.6 is 0 Å². The molecule has 278 valence electrons. The van der Waals surface area contributed by atoms with Crippen molar-refractivity contribution in [3.8, 4) is 79.4 Å². The number of aromatic nitrogens is 3. The van der Waals surface area contributed by atoms with E-state index >= 15 is 0 Å². The summed E-state index contributed by atoms with van der Waals surface area (Å²) in [4.78, 5) is 15.6. The zero-order valence-electron chi connectivity index (χ0n) is 32.4. The van der Waals surface area contributed by atoms with Crippen molar-refractivity contribution >= 4 is 32.3 Å². The number of fused-ring (bicyclic) bond motifs is 11. The topological polar surface area (TPSA) is 57.1 Å². The molecule has 2 heterocycles. The first-order valence-electron chi connectivity index (χ1n) is 20.0. The molecule has 12 rings (SSSR count). The molecule has 0 bridgehead atoms. The fourth-order valence-corrected chi connectivity index (χ4v) is 9.31. The van der Waals surface area contributed by atoms with E-state index in [2.05, 4.69) is 135 Å². The third kappa shape index (κ3) is 5.14. The largest absolute Gasteiger partial charge is 0.449 e. The van der Waals surface area contributed by atoms with Gasteiger partial charge >= 0.3 is 0 Å². The number of para-hydroxylation sites is 1. The maximum Gasteiger partial charge on any atom is 0.177 e. The van der Waals surface area contributed by atoms with Gasteiger partial charge < -0.3 is 9.47 Å². The minimum absolute atomic E-state index is 0.150. The van der Waals surface area contributed by atoms with Gasteiger partial charge in [0, 0.05) is 27.7 Å². The Hall–Kier alpha value is -7.63. The number of hydrogen-bond donors (Lipinski definition) is 0. The second kappa shape index (κ2) is 12.7. The fraction of sp³-hybridized carbons (Fsp3) is 0.0556. The Morgan fingerprint density at radius 3 is 1.64 bits per heavy atom. The van der Waals surface area contributed by atoms with E-state index in [1.54, 1.807) is 0 Å². The standard InChI is InChI=1S/C54H35N3O2/c1-54(2)45-25-13-12-22-40(45)44-30-48-49(31-46(44)54)58-47-26-14-24-41(50(47)59-48)38-21-10-11-23-42(38)53-56-51(32-15-4-3-5-16-32)55-52(57-53)33-27-28-39-36-19-7-6-17-34(36)35-18-8-9-20-37(35)43(39)29-33/h3-31H,1-2H3. The first kappa shape index (κ1) is 33.5. The van der Waals surface area contributed by atoms with E-state index in [-0.39, 0.29) is 5.41 Å². The highest BCUT2D eigenvalue weighted by molar-refractivity contribution is 6.25. The first-order chi connectivity index (χ1) is 29.0. The lowest BCUT2D eigenvalue weighted by Gasteiger charge is -2.26. The van der Waals surface area contributed by atoms with Crippen LogP contribution in [0.3, 0.4) is 0 Å². The van der Waals surface area contributed by atoms with Crippen molar-refractivity contribution in [3.63, 3.8) is 0 Å². The van der Waals surface area contributed by atoms with Gasteiger partial charge in [-0.15, -0.1) is 0 Å². The Bertz CT molecular complexity index is 3340. The lowest BCUT2D eigenvalue weighted by atomic mass is 9.82. The summed E-state index contributed by atoms with van der Waals surface area (Å²) >= 11 is 0. The van der Waals surface area contributed by atoms with Crippen LogP contribution in [0, 0.1) is 0 Å². The summed E-state index contributed by atoms with van der Waals surface area (Å²) in [5, 5.41) is 7.24. The van der Waals surface area contributed by atoms with Crippen LogP contribution in [-0.2, 0) is 5.41 Å². The van der Waals surface area contributed by atoms with E-state index in [1.807, 2.05) is 54.6 Å². The van der Waals surface area contributed by atoms with Crippen molar-refractivity contribution in [2.75, 3.05) is 0 Å². The molecule has 5 heteroatoms. The number of hydrogen-bond acceptors (Lipinski definition) is 5. The van der Waals surface area contributed by atoms with Gasteiger partial charge in [-0.1, -0.05) is 166 Å². The molecule has 0 fully saturated rings. The van der Waals surface area contributed by atoms with Crippen molar-refractivity contribution in [2.45, 2.75) is 19.3 Å². The predicted octanol–water partition coefficient (Wildman–Crippen LogP) is 14.2. The van der Waals surface area contributed by atoms with Crippen LogP contribution in [-0.4, -0.2) is 15.0 Å². The van der Waals surface area contributed by atoms with Crippen LogP contribution in [0.4, 0.5) is 0 Å². The van der Waals surface area contributed by atoms with Crippen LogP contribution in [0.1, 0.15) is 25.0 Å². The number of rotatable bonds is 4. The third-order valence-electron chi connectivity index (χ3n) is 12.2. The van der Waals surface area contributed by atoms with Gasteiger partial charge in [0.2, 0.25) is 0 Å². The molecule has 59 heavy (non-hydrogen) atoms. The molecule has 0 radical (unpaired) electrons. The van der Waals surface area contributed by atoms with E-state index < -0.39 is 0 Å². The van der Waals surface area contributed by atoms with Gasteiger partial charge in [0.05, 0.1) is 0 Å². The molecule has 5 nitrogen and oxygen atoms in total. The summed E-state index contributed by atoms with van der Waals surface area (Å²) in [5.74, 6) is 4.50. The second-order valence-corrected chi connectivity index (χ2v) is 15.9. The van der Waals surface area contributed by atoms with Gasteiger partial charge in [-0.2, -0.15) is 0 Å². The van der Waals surface area contributed by atoms with Crippen LogP contribution < -0.4 is 9.47 Å². The maximum absolute atomic E-state index is 6.88. The summed E-state index contributed by atoms with van der Waals surface area (Å²) in [6.07, 6.45) is 0. The summed E-state index contributed by atoms with van der Waals surface area (Å²) in [7, 11) is 0. The highest BCUT2D eigenvalue weighted by Crippen LogP contribution is 2.56. The van der Waals surface area contributed by atoms with Crippen molar-refractivity contribution in [2.24, 2.45) is 0 Å². The van der Waals surface area contributed by atoms with Crippen LogP contribution in [0.2, 0.25) is 0 Å². The van der Waals surface area contributed by atoms with Gasteiger partial charge in [-0.3, -0.25) is 0 Å². The molecule has 0 amide bonds. The molecule has 10 aromatic rings. The maximum atomic E-state index is 6.88. The lowest BCUT2D eigenvalue weighted by molar-refractivity contribution is 0.360. The van der Waals surface area contributed by atoms with Crippen LogP contribution in [0.15, 0.2) is 176 Å². The van der Waals surface area contributed by atoms with Crippen LogP contribution in [0.25, 0.3) is 88.7 Å². The molecule has 1 aliphatic carbocycles. The minimum atomic E-state index is -0.150. The third-order valence-corrected chi connectivity index (χ3v) is 12.2. The van der Waals surface area contributed by atoms with E-state index in [4.69, 9.17) is 24.4 Å². The normalized spacial score (nSPS) is 13.3. The highest BCUT2D eigenvalue weighted by atomic mass is 16.6. The molecule has 0 unspecified atom stereocenters. The Kier molecular flexibility index (Phi) is 7.20. The minimum Gasteiger partial charge on any atom is -0.449 e. The summed E-state index contributed by atoms with van der Waals surface area (Å²) < 4.78 is 13.6. The Morgan fingerprint density at radius 1 is 0.339 bits per heavy atom. The number of nitrogens with zero attached hydrogens (tertiary/aromatic N) is 3. The highest BCUT2D eigenvalue weighted by Gasteiger charge is 2.37. The Morgan fingerprint density at radius 2 is 0.898 bits per heavy atom. The molecule has 0 atom stereocenters. The predicted molar refractivity (Wildman–Crippen MR) is 238 cm³/mol. The van der Waals surface area contributed by atoms with E-state index in [0.717, 1.165) is 33.2 Å². The average Bonchev–Trinajstić information content (AvgIpc) is 3.52. The molecule has 2 aliphatic rings. The molecule has 1 aliphatic heterocycles. The van der Waals surface area contributed by atoms with Gasteiger partial charge in [0.1, 0.15) is 0 Å². The molecular weight excluding hydrogens is 723 g/mol. The molecule has 0 spiro atoms. The SMILES string of the molecule is CC1(C)c2ccccc2-c2cc3c(cc21)Oc1cccc(-c2ccccc2-c2nc(-c4ccccc4)nc(-c4ccc5c6ccccc6c6ccccc6c5c4)n2)c1O3. The van der Waals surface area contributed by atoms with E-state index in [9.17, 15) is 0 Å². The molecule has 9 aromatic carbocycles. The lowest BCUT2D eigenvalue weighted by Crippen LogP contribution is -2.15. The zero-order chi connectivity index (χ0) is 39.2. The van der Waals surface area contributed by atoms with Gasteiger partial charge in [-0.05, 0) is 84.4 Å². The fourth-order valence-electron chi connectivity index (χ4n) is 9.31. The first-order valence-corrected chi connectivity index (χ1v) is 20.0. The van der Waals surface area contributed by atoms with Gasteiger partial charge in [0.15, 0.2) is 40.5 Å². The summed E-state index contributed by atoms with van der Waals surface area (Å²) in [6.45, 7) is 4.55. The Balaban J connectivity index is 1.01. The Labute approximate surface area is 341 Å². The van der Waals surface area contributed by atoms with Crippen molar-refractivity contribution in [1.82, 2.24) is 15.0 Å². The van der Waals surface area contributed by atoms with Crippen molar-refractivity contribution in [1.29, 1.82) is 0 Å². The monoisotopic (exact) mass is 757 g/mol. The molecule has 0 saturated heterocycles. The average molecular weight is 758 g/mol. The molecule has 0 N–H and O–H groups in total. The van der Waals surface area contributed by atoms with Crippen LogP contribution in [0.5, 0.6) is 23.0 Å². The number of ether oxygens (including phenoxy) is 2. The summed E-state index contributed by atoms with van der Waals surface area (Å²) in [6, 6.07) is 61.2. The van der Waals surface area contributed by atoms with E-state index in [1.165, 1.54) is 49.2 Å². The smallest absolute Gasteiger partial charge is 0.177 e. The molecule has 1 aromatic heterocycles. The zero-order valence-corrected chi connectivity index (χ0v) is 32.4. The van der Waals surface area contributed by atoms with Gasteiger partial charge in [-0.25, -0.2) is 15.0 Å². The van der Waals surface area contributed by atoms with Crippen molar-refractivity contribution < 1.29 is 9.47 Å². The van der Waals surface area contributed by atoms with E-state index in [0.29, 0.717) is 40.5 Å². The quantitative estimate of drug-likeness (QED) is 0.167. The van der Waals surface area contributed by atoms with Crippen molar-refractivity contribution in [3.05, 3.63) is 187 Å². The summed E-state index contributed by atoms with van der Waals surface area (Å²) in [5.41, 5.74) is 9.30. The molecule has 0 saturated carbocycles. The molecular formula is C54H35N3O2. The number of benzene rings is 9.